The zero-order chi connectivity index (χ0) is 13.9. The Morgan fingerprint density at radius 2 is 2.16 bits per heavy atom. The van der Waals surface area contributed by atoms with Crippen LogP contribution in [0.25, 0.3) is 0 Å². The Hall–Kier alpha value is -1.40. The Morgan fingerprint density at radius 1 is 1.37 bits per heavy atom. The molecule has 0 aromatic carbocycles. The molecule has 102 valence electrons. The van der Waals surface area contributed by atoms with Crippen LogP contribution >= 0.6 is 15.9 Å². The van der Waals surface area contributed by atoms with E-state index in [4.69, 9.17) is 9.15 Å². The highest BCUT2D eigenvalue weighted by Gasteiger charge is 2.11. The lowest BCUT2D eigenvalue weighted by Gasteiger charge is -2.19. The first kappa shape index (κ1) is 14.0. The van der Waals surface area contributed by atoms with Crippen LogP contribution in [0.3, 0.4) is 0 Å². The van der Waals surface area contributed by atoms with Gasteiger partial charge in [0.2, 0.25) is 0 Å². The number of nitrogens with one attached hydrogen (secondary N) is 1. The molecule has 0 amide bonds. The summed E-state index contributed by atoms with van der Waals surface area (Å²) in [6, 6.07) is 1.80. The maximum absolute atomic E-state index is 5.47. The topological polar surface area (TPSA) is 60.2 Å². The normalized spacial score (nSPS) is 11.6. The number of halogens is 1. The van der Waals surface area contributed by atoms with Gasteiger partial charge in [-0.1, -0.05) is 0 Å². The first-order chi connectivity index (χ1) is 8.92. The number of hydrogen-bond acceptors (Lipinski definition) is 5. The highest BCUT2D eigenvalue weighted by molar-refractivity contribution is 9.10. The molecule has 0 aliphatic heterocycles. The van der Waals surface area contributed by atoms with Crippen molar-refractivity contribution in [1.29, 1.82) is 0 Å². The SMILES string of the molecule is CC(C)(C)NCc1coc(Oc2cncc(Br)c2)n1. The molecule has 0 atom stereocenters. The van der Waals surface area contributed by atoms with E-state index in [1.54, 1.807) is 24.7 Å². The predicted octanol–water partition coefficient (Wildman–Crippen LogP) is 3.51. The molecule has 0 fully saturated rings. The Kier molecular flexibility index (Phi) is 4.21. The maximum atomic E-state index is 5.47. The Labute approximate surface area is 120 Å². The van der Waals surface area contributed by atoms with E-state index in [1.807, 2.05) is 0 Å². The van der Waals surface area contributed by atoms with E-state index >= 15 is 0 Å². The van der Waals surface area contributed by atoms with Gasteiger partial charge in [0.15, 0.2) is 5.75 Å². The van der Waals surface area contributed by atoms with Crippen LogP contribution in [-0.4, -0.2) is 15.5 Å². The van der Waals surface area contributed by atoms with Crippen LogP contribution in [0.1, 0.15) is 26.5 Å². The van der Waals surface area contributed by atoms with Gasteiger partial charge in [-0.3, -0.25) is 4.98 Å². The predicted molar refractivity (Wildman–Crippen MR) is 75.1 cm³/mol. The van der Waals surface area contributed by atoms with Crippen molar-refractivity contribution in [2.24, 2.45) is 0 Å². The molecule has 0 saturated heterocycles. The molecule has 0 radical (unpaired) electrons. The molecule has 0 unspecified atom stereocenters. The van der Waals surface area contributed by atoms with Gasteiger partial charge in [-0.15, -0.1) is 0 Å². The highest BCUT2D eigenvalue weighted by Crippen LogP contribution is 2.22. The third-order valence-electron chi connectivity index (χ3n) is 2.22. The first-order valence-corrected chi connectivity index (χ1v) is 6.69. The second kappa shape index (κ2) is 5.71. The van der Waals surface area contributed by atoms with Crippen molar-refractivity contribution >= 4 is 15.9 Å². The van der Waals surface area contributed by atoms with Crippen LogP contribution < -0.4 is 10.1 Å². The molecule has 1 N–H and O–H groups in total. The molecule has 5 nitrogen and oxygen atoms in total. The second-order valence-electron chi connectivity index (χ2n) is 5.15. The Balaban J connectivity index is 1.97. The van der Waals surface area contributed by atoms with Crippen LogP contribution in [0.2, 0.25) is 0 Å². The summed E-state index contributed by atoms with van der Waals surface area (Å²) in [5, 5.41) is 3.33. The van der Waals surface area contributed by atoms with Gasteiger partial charge in [-0.05, 0) is 42.8 Å². The van der Waals surface area contributed by atoms with Crippen LogP contribution in [0.5, 0.6) is 11.8 Å². The van der Waals surface area contributed by atoms with Crippen molar-refractivity contribution in [3.63, 3.8) is 0 Å². The van der Waals surface area contributed by atoms with Crippen molar-refractivity contribution < 1.29 is 9.15 Å². The van der Waals surface area contributed by atoms with Gasteiger partial charge >= 0.3 is 6.08 Å². The molecule has 6 heteroatoms. The zero-order valence-electron chi connectivity index (χ0n) is 11.1. The molecule has 0 saturated carbocycles. The number of nitrogens with zero attached hydrogens (tertiary/aromatic N) is 2. The molecular weight excluding hydrogens is 310 g/mol. The smallest absolute Gasteiger partial charge is 0.399 e. The first-order valence-electron chi connectivity index (χ1n) is 5.90. The third kappa shape index (κ3) is 4.65. The van der Waals surface area contributed by atoms with Crippen LogP contribution in [0.4, 0.5) is 0 Å². The summed E-state index contributed by atoms with van der Waals surface area (Å²) in [6.07, 6.45) is 5.08. The van der Waals surface area contributed by atoms with E-state index < -0.39 is 0 Å². The lowest BCUT2D eigenvalue weighted by molar-refractivity contribution is 0.329. The quantitative estimate of drug-likeness (QED) is 0.932. The lowest BCUT2D eigenvalue weighted by atomic mass is 10.1. The number of rotatable bonds is 4. The van der Waals surface area contributed by atoms with E-state index in [0.29, 0.717) is 12.3 Å². The summed E-state index contributed by atoms with van der Waals surface area (Å²) in [6.45, 7) is 6.92. The van der Waals surface area contributed by atoms with Gasteiger partial charge in [0.25, 0.3) is 0 Å². The van der Waals surface area contributed by atoms with Crippen molar-refractivity contribution in [3.8, 4) is 11.8 Å². The minimum absolute atomic E-state index is 0.0359. The van der Waals surface area contributed by atoms with Crippen molar-refractivity contribution in [3.05, 3.63) is 34.9 Å². The summed E-state index contributed by atoms with van der Waals surface area (Å²) in [4.78, 5) is 8.25. The van der Waals surface area contributed by atoms with E-state index in [0.717, 1.165) is 10.2 Å². The van der Waals surface area contributed by atoms with Gasteiger partial charge in [0.1, 0.15) is 6.26 Å². The molecule has 0 spiro atoms. The van der Waals surface area contributed by atoms with Crippen LogP contribution in [0, 0.1) is 0 Å². The fourth-order valence-corrected chi connectivity index (χ4v) is 1.67. The standard InChI is InChI=1S/C13H16BrN3O2/c1-13(2,3)16-6-10-8-18-12(17-10)19-11-4-9(14)5-15-7-11/h4-5,7-8,16H,6H2,1-3H3. The average Bonchev–Trinajstić information content (AvgIpc) is 2.73. The summed E-state index contributed by atoms with van der Waals surface area (Å²) < 4.78 is 11.6. The number of hydrogen-bond donors (Lipinski definition) is 1. The molecular formula is C13H16BrN3O2. The summed E-state index contributed by atoms with van der Waals surface area (Å²) in [5.74, 6) is 0.576. The van der Waals surface area contributed by atoms with Crippen LogP contribution in [-0.2, 0) is 6.54 Å². The lowest BCUT2D eigenvalue weighted by Crippen LogP contribution is -2.35. The van der Waals surface area contributed by atoms with E-state index in [2.05, 4.69) is 52.0 Å². The van der Waals surface area contributed by atoms with Crippen molar-refractivity contribution in [1.82, 2.24) is 15.3 Å². The van der Waals surface area contributed by atoms with E-state index in [-0.39, 0.29) is 11.6 Å². The monoisotopic (exact) mass is 325 g/mol. The summed E-state index contributed by atoms with van der Waals surface area (Å²) >= 11 is 3.32. The van der Waals surface area contributed by atoms with Crippen molar-refractivity contribution in [2.45, 2.75) is 32.9 Å². The minimum atomic E-state index is 0.0359. The van der Waals surface area contributed by atoms with E-state index in [1.165, 1.54) is 0 Å². The average molecular weight is 326 g/mol. The summed E-state index contributed by atoms with van der Waals surface area (Å²) in [5.41, 5.74) is 0.835. The van der Waals surface area contributed by atoms with Gasteiger partial charge in [0.05, 0.1) is 11.9 Å². The molecule has 2 rings (SSSR count). The number of oxazole rings is 1. The fourth-order valence-electron chi connectivity index (χ4n) is 1.32. The van der Waals surface area contributed by atoms with Gasteiger partial charge < -0.3 is 14.5 Å². The molecule has 0 bridgehead atoms. The Morgan fingerprint density at radius 3 is 2.84 bits per heavy atom. The summed E-state index contributed by atoms with van der Waals surface area (Å²) in [7, 11) is 0. The Bertz CT molecular complexity index is 549. The second-order valence-corrected chi connectivity index (χ2v) is 6.06. The zero-order valence-corrected chi connectivity index (χ0v) is 12.7. The molecule has 0 aliphatic carbocycles. The van der Waals surface area contributed by atoms with Crippen molar-refractivity contribution in [2.75, 3.05) is 0 Å². The maximum Gasteiger partial charge on any atom is 0.399 e. The molecule has 19 heavy (non-hydrogen) atoms. The van der Waals surface area contributed by atoms with E-state index in [9.17, 15) is 0 Å². The van der Waals surface area contributed by atoms with Crippen LogP contribution in [0.15, 0.2) is 33.6 Å². The minimum Gasteiger partial charge on any atom is -0.417 e. The number of aromatic nitrogens is 2. The molecule has 2 aromatic heterocycles. The van der Waals surface area contributed by atoms with Gasteiger partial charge in [0, 0.05) is 22.8 Å². The third-order valence-corrected chi connectivity index (χ3v) is 2.65. The largest absolute Gasteiger partial charge is 0.417 e. The molecule has 2 heterocycles. The fraction of sp³-hybridized carbons (Fsp3) is 0.385. The number of pyridine rings is 1. The highest BCUT2D eigenvalue weighted by atomic mass is 79.9. The molecule has 0 aliphatic rings. The van der Waals surface area contributed by atoms with Gasteiger partial charge in [-0.25, -0.2) is 0 Å². The van der Waals surface area contributed by atoms with Gasteiger partial charge in [-0.2, -0.15) is 4.98 Å². The molecule has 2 aromatic rings. The number of ether oxygens (including phenoxy) is 1.